The molecule has 1 aromatic carbocycles. The van der Waals surface area contributed by atoms with Crippen molar-refractivity contribution in [2.45, 2.75) is 46.0 Å². The molecule has 138 valence electrons. The van der Waals surface area contributed by atoms with E-state index in [1.54, 1.807) is 18.2 Å². The van der Waals surface area contributed by atoms with E-state index in [2.05, 4.69) is 43.3 Å². The van der Waals surface area contributed by atoms with Crippen LogP contribution in [0, 0.1) is 0 Å². The number of rotatable bonds is 6. The van der Waals surface area contributed by atoms with Gasteiger partial charge in [0.15, 0.2) is 0 Å². The fourth-order valence-electron chi connectivity index (χ4n) is 2.41. The van der Waals surface area contributed by atoms with Crippen molar-refractivity contribution in [3.63, 3.8) is 0 Å². The molecule has 0 aliphatic heterocycles. The molecule has 0 bridgehead atoms. The van der Waals surface area contributed by atoms with Crippen molar-refractivity contribution in [3.8, 4) is 0 Å². The zero-order valence-electron chi connectivity index (χ0n) is 15.9. The Morgan fingerprint density at radius 2 is 1.58 bits per heavy atom. The summed E-state index contributed by atoms with van der Waals surface area (Å²) in [6, 6.07) is 12.6. The summed E-state index contributed by atoms with van der Waals surface area (Å²) < 4.78 is 0. The number of amides is 2. The summed E-state index contributed by atoms with van der Waals surface area (Å²) >= 11 is 0. The normalized spacial score (nSPS) is 11.1. The molecule has 26 heavy (non-hydrogen) atoms. The monoisotopic (exact) mass is 353 g/mol. The SMILES string of the molecule is CCCCNC(=O)c1cccc(C(=O)Nc2ccc(C(C)(C)C)cc2)n1. The quantitative estimate of drug-likeness (QED) is 0.766. The lowest BCUT2D eigenvalue weighted by Crippen LogP contribution is -2.26. The smallest absolute Gasteiger partial charge is 0.274 e. The molecule has 1 heterocycles. The standard InChI is InChI=1S/C21H27N3O2/c1-5-6-14-22-19(25)17-8-7-9-18(24-17)20(26)23-16-12-10-15(11-13-16)21(2,3)4/h7-13H,5-6,14H2,1-4H3,(H,22,25)(H,23,26). The lowest BCUT2D eigenvalue weighted by Gasteiger charge is -2.19. The third-order valence-electron chi connectivity index (χ3n) is 4.04. The predicted molar refractivity (Wildman–Crippen MR) is 105 cm³/mol. The molecule has 2 rings (SSSR count). The number of anilines is 1. The third-order valence-corrected chi connectivity index (χ3v) is 4.04. The van der Waals surface area contributed by atoms with Gasteiger partial charge in [-0.25, -0.2) is 4.98 Å². The fraction of sp³-hybridized carbons (Fsp3) is 0.381. The number of carbonyl (C=O) groups excluding carboxylic acids is 2. The number of aromatic nitrogens is 1. The molecule has 0 aliphatic rings. The summed E-state index contributed by atoms with van der Waals surface area (Å²) in [5.74, 6) is -0.598. The second-order valence-corrected chi connectivity index (χ2v) is 7.30. The van der Waals surface area contributed by atoms with Crippen LogP contribution in [-0.2, 0) is 5.41 Å². The maximum Gasteiger partial charge on any atom is 0.274 e. The highest BCUT2D eigenvalue weighted by molar-refractivity contribution is 6.03. The van der Waals surface area contributed by atoms with Crippen molar-refractivity contribution in [1.82, 2.24) is 10.3 Å². The van der Waals surface area contributed by atoms with Crippen LogP contribution in [0.25, 0.3) is 0 Å². The first kappa shape index (κ1) is 19.6. The van der Waals surface area contributed by atoms with Gasteiger partial charge in [-0.05, 0) is 41.7 Å². The number of unbranched alkanes of at least 4 members (excludes halogenated alkanes) is 1. The van der Waals surface area contributed by atoms with E-state index in [0.717, 1.165) is 12.8 Å². The molecule has 0 atom stereocenters. The van der Waals surface area contributed by atoms with E-state index in [1.165, 1.54) is 5.56 Å². The van der Waals surface area contributed by atoms with Crippen LogP contribution in [0.2, 0.25) is 0 Å². The highest BCUT2D eigenvalue weighted by atomic mass is 16.2. The number of hydrogen-bond acceptors (Lipinski definition) is 3. The van der Waals surface area contributed by atoms with Gasteiger partial charge in [0.2, 0.25) is 0 Å². The molecule has 0 aliphatic carbocycles. The van der Waals surface area contributed by atoms with Gasteiger partial charge in [-0.2, -0.15) is 0 Å². The first-order valence-corrected chi connectivity index (χ1v) is 8.98. The van der Waals surface area contributed by atoms with Crippen molar-refractivity contribution in [3.05, 3.63) is 59.4 Å². The van der Waals surface area contributed by atoms with E-state index in [9.17, 15) is 9.59 Å². The Labute approximate surface area is 155 Å². The Bertz CT molecular complexity index is 762. The van der Waals surface area contributed by atoms with Crippen molar-refractivity contribution >= 4 is 17.5 Å². The molecule has 0 saturated heterocycles. The molecule has 2 aromatic rings. The lowest BCUT2D eigenvalue weighted by molar-refractivity contribution is 0.0948. The Morgan fingerprint density at radius 3 is 2.15 bits per heavy atom. The van der Waals surface area contributed by atoms with Gasteiger partial charge in [-0.15, -0.1) is 0 Å². The second kappa shape index (κ2) is 8.61. The van der Waals surface area contributed by atoms with Crippen LogP contribution in [0.3, 0.4) is 0 Å². The molecule has 0 unspecified atom stereocenters. The molecule has 0 saturated carbocycles. The van der Waals surface area contributed by atoms with Gasteiger partial charge in [0, 0.05) is 12.2 Å². The lowest BCUT2D eigenvalue weighted by atomic mass is 9.87. The number of nitrogens with one attached hydrogen (secondary N) is 2. The van der Waals surface area contributed by atoms with Gasteiger partial charge in [-0.1, -0.05) is 52.3 Å². The van der Waals surface area contributed by atoms with Crippen molar-refractivity contribution < 1.29 is 9.59 Å². The molecule has 5 heteroatoms. The maximum absolute atomic E-state index is 12.4. The summed E-state index contributed by atoms with van der Waals surface area (Å²) in [5.41, 5.74) is 2.41. The summed E-state index contributed by atoms with van der Waals surface area (Å²) in [6.45, 7) is 9.08. The average Bonchev–Trinajstić information content (AvgIpc) is 2.61. The minimum absolute atomic E-state index is 0.0591. The van der Waals surface area contributed by atoms with Gasteiger partial charge in [0.1, 0.15) is 11.4 Å². The molecule has 0 fully saturated rings. The van der Waals surface area contributed by atoms with Gasteiger partial charge >= 0.3 is 0 Å². The highest BCUT2D eigenvalue weighted by Gasteiger charge is 2.15. The summed E-state index contributed by atoms with van der Waals surface area (Å²) in [6.07, 6.45) is 1.92. The minimum Gasteiger partial charge on any atom is -0.351 e. The van der Waals surface area contributed by atoms with E-state index in [0.29, 0.717) is 12.2 Å². The van der Waals surface area contributed by atoms with E-state index in [-0.39, 0.29) is 28.6 Å². The Hall–Kier alpha value is -2.69. The van der Waals surface area contributed by atoms with Gasteiger partial charge in [0.25, 0.3) is 11.8 Å². The average molecular weight is 353 g/mol. The van der Waals surface area contributed by atoms with E-state index >= 15 is 0 Å². The van der Waals surface area contributed by atoms with Crippen molar-refractivity contribution in [2.24, 2.45) is 0 Å². The highest BCUT2D eigenvalue weighted by Crippen LogP contribution is 2.23. The topological polar surface area (TPSA) is 71.1 Å². The first-order valence-electron chi connectivity index (χ1n) is 8.98. The number of benzene rings is 1. The number of carbonyl (C=O) groups is 2. The van der Waals surface area contributed by atoms with Crippen molar-refractivity contribution in [1.29, 1.82) is 0 Å². The third kappa shape index (κ3) is 5.41. The van der Waals surface area contributed by atoms with Crippen molar-refractivity contribution in [2.75, 3.05) is 11.9 Å². The Morgan fingerprint density at radius 1 is 0.962 bits per heavy atom. The zero-order valence-corrected chi connectivity index (χ0v) is 15.9. The van der Waals surface area contributed by atoms with Crippen LogP contribution in [-0.4, -0.2) is 23.3 Å². The Kier molecular flexibility index (Phi) is 6.50. The molecule has 0 radical (unpaired) electrons. The largest absolute Gasteiger partial charge is 0.351 e. The molecule has 5 nitrogen and oxygen atoms in total. The molecule has 1 aromatic heterocycles. The van der Waals surface area contributed by atoms with Crippen LogP contribution in [0.5, 0.6) is 0 Å². The zero-order chi connectivity index (χ0) is 19.2. The minimum atomic E-state index is -0.336. The number of nitrogens with zero attached hydrogens (tertiary/aromatic N) is 1. The summed E-state index contributed by atoms with van der Waals surface area (Å²) in [4.78, 5) is 28.7. The van der Waals surface area contributed by atoms with Crippen LogP contribution in [0.15, 0.2) is 42.5 Å². The van der Waals surface area contributed by atoms with E-state index in [1.807, 2.05) is 24.3 Å². The fourth-order valence-corrected chi connectivity index (χ4v) is 2.41. The van der Waals surface area contributed by atoms with Crippen LogP contribution in [0.4, 0.5) is 5.69 Å². The first-order chi connectivity index (χ1) is 12.3. The number of hydrogen-bond donors (Lipinski definition) is 2. The second-order valence-electron chi connectivity index (χ2n) is 7.30. The van der Waals surface area contributed by atoms with Gasteiger partial charge < -0.3 is 10.6 Å². The van der Waals surface area contributed by atoms with Gasteiger partial charge in [0.05, 0.1) is 0 Å². The Balaban J connectivity index is 2.05. The maximum atomic E-state index is 12.4. The number of pyridine rings is 1. The molecular weight excluding hydrogens is 326 g/mol. The predicted octanol–water partition coefficient (Wildman–Crippen LogP) is 4.16. The molecule has 0 spiro atoms. The molecular formula is C21H27N3O2. The van der Waals surface area contributed by atoms with Gasteiger partial charge in [-0.3, -0.25) is 9.59 Å². The van der Waals surface area contributed by atoms with E-state index in [4.69, 9.17) is 0 Å². The van der Waals surface area contributed by atoms with E-state index < -0.39 is 0 Å². The van der Waals surface area contributed by atoms with Crippen LogP contribution >= 0.6 is 0 Å². The summed E-state index contributed by atoms with van der Waals surface area (Å²) in [5, 5.41) is 5.63. The van der Waals surface area contributed by atoms with Crippen LogP contribution < -0.4 is 10.6 Å². The summed E-state index contributed by atoms with van der Waals surface area (Å²) in [7, 11) is 0. The molecule has 2 amide bonds. The molecule has 2 N–H and O–H groups in total. The van der Waals surface area contributed by atoms with Crippen LogP contribution in [0.1, 0.15) is 67.1 Å².